The van der Waals surface area contributed by atoms with E-state index in [0.29, 0.717) is 44.7 Å². The molecule has 0 amide bonds. The van der Waals surface area contributed by atoms with E-state index in [9.17, 15) is 18.1 Å². The summed E-state index contributed by atoms with van der Waals surface area (Å²) < 4.78 is 55.5. The number of piperazine rings is 1. The van der Waals surface area contributed by atoms with Gasteiger partial charge in [0.2, 0.25) is 5.75 Å². The van der Waals surface area contributed by atoms with Gasteiger partial charge in [-0.2, -0.15) is 9.78 Å². The first kappa shape index (κ1) is 27.4. The van der Waals surface area contributed by atoms with Crippen LogP contribution in [-0.4, -0.2) is 63.3 Å². The van der Waals surface area contributed by atoms with Crippen LogP contribution < -0.4 is 19.9 Å². The van der Waals surface area contributed by atoms with Crippen molar-refractivity contribution >= 4 is 17.0 Å². The van der Waals surface area contributed by atoms with Crippen LogP contribution in [0.4, 0.5) is 14.5 Å². The normalized spacial score (nSPS) is 18.6. The molecule has 1 saturated heterocycles. The highest BCUT2D eigenvalue weighted by molar-refractivity contribution is 7.89. The molecule has 2 heterocycles. The molecule has 2 atom stereocenters. The number of hydrogen-bond donors (Lipinski definition) is 0. The third-order valence-electron chi connectivity index (χ3n) is 7.15. The lowest BCUT2D eigenvalue weighted by atomic mass is 9.89. The van der Waals surface area contributed by atoms with Crippen molar-refractivity contribution in [1.82, 2.24) is 14.1 Å². The molecule has 1 aromatic heterocycles. The minimum atomic E-state index is -1.09. The number of aryl methyl sites for hydroxylation is 1. The van der Waals surface area contributed by atoms with E-state index in [4.69, 9.17) is 9.47 Å². The average Bonchev–Trinajstić information content (AvgIpc) is 2.92. The molecule has 5 rings (SSSR count). The topological polar surface area (TPSA) is 82.9 Å². The van der Waals surface area contributed by atoms with Crippen molar-refractivity contribution in [3.63, 3.8) is 0 Å². The van der Waals surface area contributed by atoms with Gasteiger partial charge in [0.05, 0.1) is 32.1 Å². The Hall–Kier alpha value is -3.15. The van der Waals surface area contributed by atoms with Gasteiger partial charge < -0.3 is 18.9 Å². The molecule has 208 valence electrons. The second-order valence-corrected chi connectivity index (χ2v) is 12.0. The Bertz CT molecular complexity index is 1360. The zero-order chi connectivity index (χ0) is 27.7. The van der Waals surface area contributed by atoms with Gasteiger partial charge in [0, 0.05) is 42.5 Å². The zero-order valence-electron chi connectivity index (χ0n) is 22.2. The highest BCUT2D eigenvalue weighted by Gasteiger charge is 2.31. The van der Waals surface area contributed by atoms with Gasteiger partial charge >= 0.3 is 5.56 Å². The summed E-state index contributed by atoms with van der Waals surface area (Å²) >= 11 is -1.09. The van der Waals surface area contributed by atoms with Crippen LogP contribution in [0.1, 0.15) is 31.4 Å². The van der Waals surface area contributed by atoms with Crippen LogP contribution in [0, 0.1) is 11.6 Å². The monoisotopic (exact) mass is 558 g/mol. The minimum absolute atomic E-state index is 0.0128. The van der Waals surface area contributed by atoms with Gasteiger partial charge in [0.25, 0.3) is 0 Å². The van der Waals surface area contributed by atoms with Crippen molar-refractivity contribution in [2.24, 2.45) is 0 Å². The van der Waals surface area contributed by atoms with Crippen LogP contribution in [0.25, 0.3) is 5.69 Å². The van der Waals surface area contributed by atoms with E-state index in [1.54, 1.807) is 7.11 Å². The predicted molar refractivity (Wildman–Crippen MR) is 146 cm³/mol. The van der Waals surface area contributed by atoms with Crippen molar-refractivity contribution in [3.05, 3.63) is 75.7 Å². The first-order valence-electron chi connectivity index (χ1n) is 13.1. The summed E-state index contributed by atoms with van der Waals surface area (Å²) in [7, 11) is 1.63. The number of hydrogen-bond acceptors (Lipinski definition) is 7. The number of fused-ring (bicyclic) bond motifs is 1. The van der Waals surface area contributed by atoms with Crippen LogP contribution in [-0.2, 0) is 24.2 Å². The lowest BCUT2D eigenvalue weighted by Gasteiger charge is -2.37. The van der Waals surface area contributed by atoms with E-state index < -0.39 is 28.6 Å². The van der Waals surface area contributed by atoms with E-state index in [1.807, 2.05) is 35.2 Å². The Kier molecular flexibility index (Phi) is 8.11. The fourth-order valence-corrected chi connectivity index (χ4v) is 6.32. The molecule has 0 saturated carbocycles. The number of anilines is 1. The number of aromatic nitrogens is 2. The molecule has 1 aliphatic heterocycles. The lowest BCUT2D eigenvalue weighted by Crippen LogP contribution is -2.50. The highest BCUT2D eigenvalue weighted by Crippen LogP contribution is 2.33. The maximum atomic E-state index is 14.0. The molecule has 0 radical (unpaired) electrons. The molecule has 1 aliphatic carbocycles. The van der Waals surface area contributed by atoms with Crippen molar-refractivity contribution < 1.29 is 22.8 Å². The Labute approximate surface area is 229 Å². The Morgan fingerprint density at radius 3 is 2.49 bits per heavy atom. The molecule has 8 nitrogen and oxygen atoms in total. The van der Waals surface area contributed by atoms with E-state index in [-0.39, 0.29) is 22.8 Å². The van der Waals surface area contributed by atoms with E-state index in [2.05, 4.69) is 11.2 Å². The van der Waals surface area contributed by atoms with E-state index >= 15 is 0 Å². The third-order valence-corrected chi connectivity index (χ3v) is 8.83. The minimum Gasteiger partial charge on any atom is -0.598 e. The fraction of sp³-hybridized carbons (Fsp3) is 0.429. The average molecular weight is 559 g/mol. The van der Waals surface area contributed by atoms with Gasteiger partial charge in [-0.15, -0.1) is 4.31 Å². The molecule has 0 spiro atoms. The molecule has 2 aromatic carbocycles. The third kappa shape index (κ3) is 5.75. The van der Waals surface area contributed by atoms with Crippen LogP contribution >= 0.6 is 0 Å². The Balaban J connectivity index is 1.49. The summed E-state index contributed by atoms with van der Waals surface area (Å²) in [4.78, 5) is 15.8. The van der Waals surface area contributed by atoms with Gasteiger partial charge in [-0.05, 0) is 50.5 Å². The van der Waals surface area contributed by atoms with Gasteiger partial charge in [-0.3, -0.25) is 4.79 Å². The van der Waals surface area contributed by atoms with Crippen LogP contribution in [0.15, 0.2) is 47.4 Å². The lowest BCUT2D eigenvalue weighted by molar-refractivity contribution is 0.179. The smallest absolute Gasteiger partial charge is 0.316 e. The largest absolute Gasteiger partial charge is 0.598 e. The van der Waals surface area contributed by atoms with E-state index in [0.717, 1.165) is 40.6 Å². The molecule has 11 heteroatoms. The molecular weight excluding hydrogens is 526 g/mol. The molecule has 0 bridgehead atoms. The summed E-state index contributed by atoms with van der Waals surface area (Å²) in [6.07, 6.45) is 3.20. The summed E-state index contributed by atoms with van der Waals surface area (Å²) in [5, 5.41) is 4.27. The van der Waals surface area contributed by atoms with Crippen LogP contribution in [0.3, 0.4) is 0 Å². The maximum Gasteiger partial charge on any atom is 0.316 e. The quantitative estimate of drug-likeness (QED) is 0.410. The maximum absolute atomic E-state index is 14.0. The SMILES string of the molecule is COc1cccc2c1CC(Oc1c(N3CCN([S+]([O-])C(C)C)CC3)cnn(-c3cc(F)cc(F)c3)c1=O)CC2. The fourth-order valence-electron chi connectivity index (χ4n) is 5.20. The number of methoxy groups -OCH3 is 1. The van der Waals surface area contributed by atoms with Gasteiger partial charge in [0.15, 0.2) is 0 Å². The van der Waals surface area contributed by atoms with Crippen molar-refractivity contribution in [1.29, 1.82) is 0 Å². The van der Waals surface area contributed by atoms with Gasteiger partial charge in [-0.25, -0.2) is 8.78 Å². The van der Waals surface area contributed by atoms with Crippen molar-refractivity contribution in [2.75, 3.05) is 38.2 Å². The summed E-state index contributed by atoms with van der Waals surface area (Å²) in [5.41, 5.74) is 2.11. The summed E-state index contributed by atoms with van der Waals surface area (Å²) in [5.74, 6) is -0.764. The van der Waals surface area contributed by atoms with Crippen LogP contribution in [0.2, 0.25) is 0 Å². The summed E-state index contributed by atoms with van der Waals surface area (Å²) in [6, 6.07) is 8.80. The highest BCUT2D eigenvalue weighted by atomic mass is 32.2. The molecule has 0 N–H and O–H groups in total. The molecule has 2 unspecified atom stereocenters. The number of rotatable bonds is 7. The number of benzene rings is 2. The molecule has 39 heavy (non-hydrogen) atoms. The number of nitrogens with zero attached hydrogens (tertiary/aromatic N) is 4. The van der Waals surface area contributed by atoms with Gasteiger partial charge in [-0.1, -0.05) is 12.1 Å². The van der Waals surface area contributed by atoms with Crippen molar-refractivity contribution in [3.8, 4) is 17.2 Å². The molecule has 1 fully saturated rings. The Morgan fingerprint density at radius 2 is 1.82 bits per heavy atom. The summed E-state index contributed by atoms with van der Waals surface area (Å²) in [6.45, 7) is 5.99. The van der Waals surface area contributed by atoms with Crippen molar-refractivity contribution in [2.45, 2.75) is 44.5 Å². The Morgan fingerprint density at radius 1 is 1.10 bits per heavy atom. The second-order valence-electron chi connectivity index (χ2n) is 10.0. The molecule has 3 aromatic rings. The zero-order valence-corrected chi connectivity index (χ0v) is 23.0. The standard InChI is InChI=1S/C28H32F2N4O4S/c1-18(2)39(36)33-11-9-32(10-12-33)25-17-31-34(22-14-20(29)13-21(30)15-22)28(35)27(25)38-23-8-7-19-5-4-6-26(37-3)24(19)16-23/h4-6,13-15,17-18,23H,7-12,16H2,1-3H3. The van der Waals surface area contributed by atoms with Crippen LogP contribution in [0.5, 0.6) is 11.5 Å². The second kappa shape index (κ2) is 11.5. The van der Waals surface area contributed by atoms with E-state index in [1.165, 1.54) is 11.8 Å². The van der Waals surface area contributed by atoms with Gasteiger partial charge in [0.1, 0.15) is 34.4 Å². The molecule has 2 aliphatic rings. The first-order valence-corrected chi connectivity index (χ1v) is 14.2. The number of ether oxygens (including phenoxy) is 2. The predicted octanol–water partition coefficient (Wildman–Crippen LogP) is 3.65. The first-order chi connectivity index (χ1) is 18.7. The molecular formula is C28H32F2N4O4S. The number of halogens is 2.